The molecule has 0 radical (unpaired) electrons. The number of para-hydroxylation sites is 1. The number of nitrogens with one attached hydrogen (secondary N) is 1. The van der Waals surface area contributed by atoms with Crippen LogP contribution >= 0.6 is 23.2 Å². The molecule has 1 amide bonds. The van der Waals surface area contributed by atoms with Crippen LogP contribution in [0, 0.1) is 11.3 Å². The average Bonchev–Trinajstić information content (AvgIpc) is 3.17. The normalized spacial score (nSPS) is 11.4. The van der Waals surface area contributed by atoms with E-state index in [9.17, 15) is 10.1 Å². The molecule has 164 valence electrons. The van der Waals surface area contributed by atoms with E-state index in [4.69, 9.17) is 23.2 Å². The van der Waals surface area contributed by atoms with E-state index in [-0.39, 0.29) is 11.5 Å². The van der Waals surface area contributed by atoms with Crippen LogP contribution in [0.2, 0.25) is 10.0 Å². The Hall–Kier alpha value is -3.52. The molecule has 0 aliphatic rings. The molecule has 0 fully saturated rings. The molecule has 0 aliphatic carbocycles. The third-order valence-electron chi connectivity index (χ3n) is 5.36. The predicted octanol–water partition coefficient (Wildman–Crippen LogP) is 6.26. The van der Waals surface area contributed by atoms with E-state index >= 15 is 0 Å². The molecule has 4 aromatic rings. The van der Waals surface area contributed by atoms with Gasteiger partial charge in [0.25, 0.3) is 5.91 Å². The maximum atomic E-state index is 12.6. The van der Waals surface area contributed by atoms with Crippen LogP contribution < -0.4 is 5.32 Å². The van der Waals surface area contributed by atoms with Gasteiger partial charge in [-0.2, -0.15) is 5.26 Å². The minimum absolute atomic E-state index is 0.0699. The van der Waals surface area contributed by atoms with Crippen molar-refractivity contribution in [1.82, 2.24) is 9.88 Å². The zero-order chi connectivity index (χ0) is 23.2. The first-order valence-electron chi connectivity index (χ1n) is 10.5. The number of carbonyl (C=O) groups is 1. The number of benzene rings is 3. The lowest BCUT2D eigenvalue weighted by Crippen LogP contribution is -2.26. The quantitative estimate of drug-likeness (QED) is 0.254. The Kier molecular flexibility index (Phi) is 7.14. The molecule has 3 aromatic carbocycles. The van der Waals surface area contributed by atoms with Gasteiger partial charge in [0.05, 0.1) is 10.0 Å². The average molecular weight is 474 g/mol. The maximum Gasteiger partial charge on any atom is 0.261 e. The van der Waals surface area contributed by atoms with Crippen molar-refractivity contribution in [2.45, 2.75) is 13.0 Å². The highest BCUT2D eigenvalue weighted by molar-refractivity contribution is 6.42. The second-order valence-corrected chi connectivity index (χ2v) is 8.45. The number of hydrogen-bond acceptors (Lipinski definition) is 2. The first-order chi connectivity index (χ1) is 16.0. The molecule has 1 heterocycles. The number of amides is 1. The molecule has 1 N–H and O–H groups in total. The highest BCUT2D eigenvalue weighted by Crippen LogP contribution is 2.27. The second kappa shape index (κ2) is 10.4. The molecule has 6 heteroatoms. The van der Waals surface area contributed by atoms with Gasteiger partial charge in [-0.3, -0.25) is 4.79 Å². The zero-order valence-corrected chi connectivity index (χ0v) is 19.3. The number of fused-ring (bicyclic) bond motifs is 1. The van der Waals surface area contributed by atoms with Gasteiger partial charge < -0.3 is 9.88 Å². The van der Waals surface area contributed by atoms with E-state index in [0.29, 0.717) is 29.6 Å². The van der Waals surface area contributed by atoms with Gasteiger partial charge in [0, 0.05) is 35.8 Å². The van der Waals surface area contributed by atoms with E-state index < -0.39 is 0 Å². The minimum Gasteiger partial charge on any atom is -0.351 e. The number of nitrogens with zero attached hydrogens (tertiary/aromatic N) is 2. The summed E-state index contributed by atoms with van der Waals surface area (Å²) >= 11 is 12.2. The molecule has 4 nitrogen and oxygen atoms in total. The van der Waals surface area contributed by atoms with Crippen LogP contribution in [0.25, 0.3) is 17.0 Å². The zero-order valence-electron chi connectivity index (χ0n) is 17.8. The van der Waals surface area contributed by atoms with Gasteiger partial charge in [-0.05, 0) is 41.8 Å². The molecular weight excluding hydrogens is 453 g/mol. The van der Waals surface area contributed by atoms with Gasteiger partial charge in [0.2, 0.25) is 0 Å². The van der Waals surface area contributed by atoms with Gasteiger partial charge >= 0.3 is 0 Å². The predicted molar refractivity (Wildman–Crippen MR) is 134 cm³/mol. The fourth-order valence-corrected chi connectivity index (χ4v) is 4.04. The van der Waals surface area contributed by atoms with Crippen molar-refractivity contribution in [3.8, 4) is 6.07 Å². The van der Waals surface area contributed by atoms with Crippen LogP contribution in [0.5, 0.6) is 0 Å². The van der Waals surface area contributed by atoms with E-state index in [1.165, 1.54) is 0 Å². The number of halogens is 2. The standard InChI is InChI=1S/C27H21Cl2N3O/c28-24-11-10-20(14-25(24)29)17-32-18-22(23-8-4-5-9-26(23)32)15-21(16-30)27(33)31-13-12-19-6-2-1-3-7-19/h1-11,14-15,18H,12-13,17H2,(H,31,33)/b21-15+. The Morgan fingerprint density at radius 3 is 2.48 bits per heavy atom. The second-order valence-electron chi connectivity index (χ2n) is 7.64. The molecular formula is C27H21Cl2N3O. The van der Waals surface area contributed by atoms with Crippen molar-refractivity contribution in [1.29, 1.82) is 5.26 Å². The van der Waals surface area contributed by atoms with E-state index in [1.54, 1.807) is 12.1 Å². The van der Waals surface area contributed by atoms with Crippen LogP contribution in [0.4, 0.5) is 0 Å². The Bertz CT molecular complexity index is 1370. The van der Waals surface area contributed by atoms with Crippen molar-refractivity contribution in [3.63, 3.8) is 0 Å². The lowest BCUT2D eigenvalue weighted by Gasteiger charge is -2.06. The van der Waals surface area contributed by atoms with Gasteiger partial charge in [0.1, 0.15) is 11.6 Å². The highest BCUT2D eigenvalue weighted by atomic mass is 35.5. The summed E-state index contributed by atoms with van der Waals surface area (Å²) in [4.78, 5) is 12.6. The van der Waals surface area contributed by atoms with Gasteiger partial charge in [0.15, 0.2) is 0 Å². The van der Waals surface area contributed by atoms with Crippen molar-refractivity contribution in [2.75, 3.05) is 6.54 Å². The third-order valence-corrected chi connectivity index (χ3v) is 6.10. The van der Waals surface area contributed by atoms with E-state index in [1.807, 2.05) is 79.0 Å². The van der Waals surface area contributed by atoms with Crippen LogP contribution in [0.1, 0.15) is 16.7 Å². The Morgan fingerprint density at radius 1 is 0.970 bits per heavy atom. The molecule has 33 heavy (non-hydrogen) atoms. The van der Waals surface area contributed by atoms with Crippen molar-refractivity contribution in [2.24, 2.45) is 0 Å². The first kappa shape index (κ1) is 22.7. The lowest BCUT2D eigenvalue weighted by molar-refractivity contribution is -0.117. The Morgan fingerprint density at radius 2 is 1.73 bits per heavy atom. The van der Waals surface area contributed by atoms with E-state index in [2.05, 4.69) is 9.88 Å². The van der Waals surface area contributed by atoms with Crippen molar-refractivity contribution < 1.29 is 4.79 Å². The fraction of sp³-hybridized carbons (Fsp3) is 0.111. The lowest BCUT2D eigenvalue weighted by atomic mass is 10.1. The van der Waals surface area contributed by atoms with Crippen LogP contribution in [-0.2, 0) is 17.8 Å². The summed E-state index contributed by atoms with van der Waals surface area (Å²) in [5.74, 6) is -0.380. The summed E-state index contributed by atoms with van der Waals surface area (Å²) in [5.41, 5.74) is 4.00. The van der Waals surface area contributed by atoms with E-state index in [0.717, 1.165) is 27.6 Å². The number of aromatic nitrogens is 1. The molecule has 4 rings (SSSR count). The molecule has 1 aromatic heterocycles. The minimum atomic E-state index is -0.380. The summed E-state index contributed by atoms with van der Waals surface area (Å²) in [7, 11) is 0. The SMILES string of the molecule is N#C/C(=C\c1cn(Cc2ccc(Cl)c(Cl)c2)c2ccccc12)C(=O)NCCc1ccccc1. The number of nitriles is 1. The monoisotopic (exact) mass is 473 g/mol. The number of rotatable bonds is 7. The van der Waals surface area contributed by atoms with Gasteiger partial charge in [-0.1, -0.05) is 77.8 Å². The molecule has 0 spiro atoms. The molecule has 0 atom stereocenters. The number of carbonyl (C=O) groups excluding carboxylic acids is 1. The summed E-state index contributed by atoms with van der Waals surface area (Å²) in [6, 6.07) is 25.4. The Labute approximate surface area is 202 Å². The Balaban J connectivity index is 1.56. The molecule has 0 saturated heterocycles. The summed E-state index contributed by atoms with van der Waals surface area (Å²) < 4.78 is 2.07. The fourth-order valence-electron chi connectivity index (χ4n) is 3.72. The first-order valence-corrected chi connectivity index (χ1v) is 11.3. The molecule has 0 aliphatic heterocycles. The largest absolute Gasteiger partial charge is 0.351 e. The highest BCUT2D eigenvalue weighted by Gasteiger charge is 2.13. The summed E-state index contributed by atoms with van der Waals surface area (Å²) in [5, 5.41) is 14.5. The van der Waals surface area contributed by atoms with Gasteiger partial charge in [-0.25, -0.2) is 0 Å². The molecule has 0 bridgehead atoms. The van der Waals surface area contributed by atoms with Crippen molar-refractivity contribution in [3.05, 3.63) is 111 Å². The molecule has 0 unspecified atom stereocenters. The topological polar surface area (TPSA) is 57.8 Å². The maximum absolute atomic E-state index is 12.6. The van der Waals surface area contributed by atoms with Gasteiger partial charge in [-0.15, -0.1) is 0 Å². The smallest absolute Gasteiger partial charge is 0.261 e. The number of hydrogen-bond donors (Lipinski definition) is 1. The van der Waals surface area contributed by atoms with Crippen LogP contribution in [-0.4, -0.2) is 17.0 Å². The summed E-state index contributed by atoms with van der Waals surface area (Å²) in [6.07, 6.45) is 4.29. The molecule has 0 saturated carbocycles. The van der Waals surface area contributed by atoms with Crippen molar-refractivity contribution >= 4 is 46.1 Å². The van der Waals surface area contributed by atoms with Crippen LogP contribution in [0.3, 0.4) is 0 Å². The summed E-state index contributed by atoms with van der Waals surface area (Å²) in [6.45, 7) is 1.04. The van der Waals surface area contributed by atoms with Crippen LogP contribution in [0.15, 0.2) is 84.6 Å². The third kappa shape index (κ3) is 5.46.